The van der Waals surface area contributed by atoms with Crippen LogP contribution >= 0.6 is 0 Å². The first kappa shape index (κ1) is 21.4. The molecule has 2 aromatic carbocycles. The number of hydrogen-bond acceptors (Lipinski definition) is 4. The van der Waals surface area contributed by atoms with Crippen molar-refractivity contribution in [3.8, 4) is 0 Å². The van der Waals surface area contributed by atoms with Gasteiger partial charge < -0.3 is 16.0 Å². The highest BCUT2D eigenvalue weighted by Gasteiger charge is 2.54. The molecule has 1 spiro atoms. The summed E-state index contributed by atoms with van der Waals surface area (Å²) < 4.78 is 13.3. The molecule has 0 radical (unpaired) electrons. The average molecular weight is 451 g/mol. The van der Waals surface area contributed by atoms with E-state index in [1.807, 2.05) is 19.1 Å². The van der Waals surface area contributed by atoms with Crippen LogP contribution in [0.3, 0.4) is 0 Å². The fraction of sp³-hybridized carbons (Fsp3) is 0.400. The van der Waals surface area contributed by atoms with Gasteiger partial charge in [-0.2, -0.15) is 0 Å². The summed E-state index contributed by atoms with van der Waals surface area (Å²) in [5.41, 5.74) is 8.16. The van der Waals surface area contributed by atoms with Crippen LogP contribution in [-0.4, -0.2) is 45.8 Å². The first-order valence-corrected chi connectivity index (χ1v) is 11.3. The van der Waals surface area contributed by atoms with Gasteiger partial charge in [0, 0.05) is 31.1 Å². The third-order valence-corrected chi connectivity index (χ3v) is 7.14. The fourth-order valence-electron chi connectivity index (χ4n) is 5.06. The summed E-state index contributed by atoms with van der Waals surface area (Å²) in [4.78, 5) is 42.3. The Kier molecular flexibility index (Phi) is 5.11. The summed E-state index contributed by atoms with van der Waals surface area (Å²) in [6, 6.07) is 11.0. The van der Waals surface area contributed by atoms with Crippen molar-refractivity contribution >= 4 is 23.5 Å². The summed E-state index contributed by atoms with van der Waals surface area (Å²) in [6.45, 7) is 1.98. The van der Waals surface area contributed by atoms with Crippen molar-refractivity contribution in [2.24, 2.45) is 5.92 Å². The van der Waals surface area contributed by atoms with Crippen LogP contribution in [0.4, 0.5) is 14.9 Å². The number of nitrogens with one attached hydrogen (secondary N) is 1. The van der Waals surface area contributed by atoms with Gasteiger partial charge in [-0.15, -0.1) is 0 Å². The molecule has 1 heterocycles. The number of nitrogens with zero attached hydrogens (tertiary/aromatic N) is 2. The van der Waals surface area contributed by atoms with E-state index in [0.717, 1.165) is 34.4 Å². The van der Waals surface area contributed by atoms with Gasteiger partial charge >= 0.3 is 6.03 Å². The Labute approximate surface area is 191 Å². The summed E-state index contributed by atoms with van der Waals surface area (Å²) >= 11 is 0. The van der Waals surface area contributed by atoms with Gasteiger partial charge in [-0.25, -0.2) is 9.18 Å². The molecule has 172 valence electrons. The van der Waals surface area contributed by atoms with Crippen molar-refractivity contribution in [2.75, 3.05) is 12.3 Å². The predicted molar refractivity (Wildman–Crippen MR) is 120 cm³/mol. The second-order valence-electron chi connectivity index (χ2n) is 9.51. The lowest BCUT2D eigenvalue weighted by molar-refractivity contribution is -0.140. The minimum absolute atomic E-state index is 0.0315. The third-order valence-electron chi connectivity index (χ3n) is 7.14. The van der Waals surface area contributed by atoms with Gasteiger partial charge in [0.25, 0.3) is 5.91 Å². The lowest BCUT2D eigenvalue weighted by atomic mass is 9.96. The van der Waals surface area contributed by atoms with Crippen LogP contribution in [0.5, 0.6) is 0 Å². The molecular formula is C25H27FN4O3. The summed E-state index contributed by atoms with van der Waals surface area (Å²) in [5, 5.41) is 2.84. The number of nitrogens with two attached hydrogens (primary N) is 1. The first-order valence-electron chi connectivity index (χ1n) is 11.3. The van der Waals surface area contributed by atoms with Gasteiger partial charge in [0.2, 0.25) is 5.91 Å². The van der Waals surface area contributed by atoms with Crippen molar-refractivity contribution in [1.82, 2.24) is 15.1 Å². The molecule has 2 unspecified atom stereocenters. The van der Waals surface area contributed by atoms with Crippen molar-refractivity contribution < 1.29 is 18.8 Å². The highest BCUT2D eigenvalue weighted by Crippen LogP contribution is 2.37. The number of carbonyl (C=O) groups is 3. The van der Waals surface area contributed by atoms with Crippen molar-refractivity contribution in [3.05, 3.63) is 65.0 Å². The molecule has 1 saturated heterocycles. The number of anilines is 1. The molecule has 1 aliphatic heterocycles. The number of urea groups is 1. The number of rotatable bonds is 6. The Balaban J connectivity index is 1.33. The van der Waals surface area contributed by atoms with Crippen LogP contribution in [0.1, 0.15) is 36.5 Å². The molecule has 2 aliphatic carbocycles. The Hall–Kier alpha value is -3.42. The Morgan fingerprint density at radius 1 is 1.18 bits per heavy atom. The standard InChI is InChI=1S/C25H27FN4O3/c1-15(17-4-5-17)29(13-16-2-7-20(26)8-3-16)22(31)14-30-23(32)25(28-24(30)33)11-18-6-9-21(27)10-19(18)12-25/h2-3,6-10,15,17H,4-5,11-14,27H2,1H3,(H,28,33). The smallest absolute Gasteiger partial charge is 0.325 e. The molecule has 1 saturated carbocycles. The first-order chi connectivity index (χ1) is 15.8. The number of imide groups is 1. The van der Waals surface area contributed by atoms with Crippen molar-refractivity contribution in [2.45, 2.75) is 50.7 Å². The summed E-state index contributed by atoms with van der Waals surface area (Å²) in [7, 11) is 0. The van der Waals surface area contributed by atoms with Crippen LogP contribution < -0.4 is 11.1 Å². The molecule has 7 nitrogen and oxygen atoms in total. The lowest BCUT2D eigenvalue weighted by Gasteiger charge is -2.31. The maximum absolute atomic E-state index is 13.4. The predicted octanol–water partition coefficient (Wildman–Crippen LogP) is 2.62. The highest BCUT2D eigenvalue weighted by molar-refractivity contribution is 6.09. The summed E-state index contributed by atoms with van der Waals surface area (Å²) in [6.07, 6.45) is 2.83. The van der Waals surface area contributed by atoms with Gasteiger partial charge in [0.15, 0.2) is 0 Å². The largest absolute Gasteiger partial charge is 0.399 e. The van der Waals surface area contributed by atoms with Crippen LogP contribution in [-0.2, 0) is 29.0 Å². The number of fused-ring (bicyclic) bond motifs is 1. The van der Waals surface area contributed by atoms with Crippen LogP contribution in [0.25, 0.3) is 0 Å². The zero-order chi connectivity index (χ0) is 23.3. The van der Waals surface area contributed by atoms with E-state index in [2.05, 4.69) is 5.32 Å². The van der Waals surface area contributed by atoms with E-state index < -0.39 is 11.6 Å². The lowest BCUT2D eigenvalue weighted by Crippen LogP contribution is -2.49. The van der Waals surface area contributed by atoms with E-state index in [0.29, 0.717) is 31.0 Å². The Morgan fingerprint density at radius 3 is 2.58 bits per heavy atom. The highest BCUT2D eigenvalue weighted by atomic mass is 19.1. The molecule has 3 aliphatic rings. The Morgan fingerprint density at radius 2 is 1.88 bits per heavy atom. The van der Waals surface area contributed by atoms with E-state index >= 15 is 0 Å². The van der Waals surface area contributed by atoms with Gasteiger partial charge in [-0.3, -0.25) is 14.5 Å². The summed E-state index contributed by atoms with van der Waals surface area (Å²) in [5.74, 6) is -0.607. The fourth-order valence-corrected chi connectivity index (χ4v) is 5.06. The normalized spacial score (nSPS) is 22.4. The average Bonchev–Trinajstić information content (AvgIpc) is 3.53. The quantitative estimate of drug-likeness (QED) is 0.522. The molecule has 0 aromatic heterocycles. The second-order valence-corrected chi connectivity index (χ2v) is 9.51. The molecule has 33 heavy (non-hydrogen) atoms. The van der Waals surface area contributed by atoms with E-state index in [4.69, 9.17) is 5.73 Å². The number of amides is 4. The molecule has 2 aromatic rings. The van der Waals surface area contributed by atoms with E-state index in [1.54, 1.807) is 23.1 Å². The third kappa shape index (κ3) is 3.94. The van der Waals surface area contributed by atoms with E-state index in [1.165, 1.54) is 12.1 Å². The minimum Gasteiger partial charge on any atom is -0.399 e. The van der Waals surface area contributed by atoms with Crippen LogP contribution in [0.2, 0.25) is 0 Å². The van der Waals surface area contributed by atoms with Gasteiger partial charge in [-0.05, 0) is 66.6 Å². The monoisotopic (exact) mass is 450 g/mol. The maximum Gasteiger partial charge on any atom is 0.325 e. The number of halogens is 1. The molecule has 2 fully saturated rings. The zero-order valence-electron chi connectivity index (χ0n) is 18.5. The maximum atomic E-state index is 13.4. The van der Waals surface area contributed by atoms with Gasteiger partial charge in [0.05, 0.1) is 0 Å². The molecule has 3 N–H and O–H groups in total. The second kappa shape index (κ2) is 7.86. The number of carbonyl (C=O) groups excluding carboxylic acids is 3. The minimum atomic E-state index is -1.06. The topological polar surface area (TPSA) is 95.7 Å². The molecular weight excluding hydrogens is 423 g/mol. The van der Waals surface area contributed by atoms with Crippen molar-refractivity contribution in [3.63, 3.8) is 0 Å². The van der Waals surface area contributed by atoms with E-state index in [-0.39, 0.29) is 30.2 Å². The zero-order valence-corrected chi connectivity index (χ0v) is 18.5. The number of benzene rings is 2. The number of hydrogen-bond donors (Lipinski definition) is 2. The SMILES string of the molecule is CC(C1CC1)N(Cc1ccc(F)cc1)C(=O)CN1C(=O)NC2(Cc3ccc(N)cc3C2)C1=O. The van der Waals surface area contributed by atoms with E-state index in [9.17, 15) is 18.8 Å². The molecule has 4 amide bonds. The molecule has 5 rings (SSSR count). The van der Waals surface area contributed by atoms with Crippen LogP contribution in [0.15, 0.2) is 42.5 Å². The van der Waals surface area contributed by atoms with Crippen molar-refractivity contribution in [1.29, 1.82) is 0 Å². The van der Waals surface area contributed by atoms with Gasteiger partial charge in [-0.1, -0.05) is 18.2 Å². The molecule has 2 atom stereocenters. The van der Waals surface area contributed by atoms with Crippen LogP contribution in [0, 0.1) is 11.7 Å². The van der Waals surface area contributed by atoms with Gasteiger partial charge in [0.1, 0.15) is 17.9 Å². The number of nitrogen functional groups attached to an aromatic ring is 1. The molecule has 0 bridgehead atoms. The molecule has 8 heteroatoms. The Bertz CT molecular complexity index is 1130.